The first-order valence-electron chi connectivity index (χ1n) is 9.94. The molecule has 0 bridgehead atoms. The summed E-state index contributed by atoms with van der Waals surface area (Å²) in [5.74, 6) is 0.808. The van der Waals surface area contributed by atoms with Crippen LogP contribution < -0.4 is 4.74 Å². The Morgan fingerprint density at radius 1 is 0.767 bits per heavy atom. The Labute approximate surface area is 175 Å². The summed E-state index contributed by atoms with van der Waals surface area (Å²) >= 11 is 0. The molecule has 0 amide bonds. The second kappa shape index (κ2) is 7.84. The largest absolute Gasteiger partial charge is 0.496 e. The number of rotatable bonds is 5. The third kappa shape index (κ3) is 3.22. The highest BCUT2D eigenvalue weighted by molar-refractivity contribution is 6.01. The summed E-state index contributed by atoms with van der Waals surface area (Å²) < 4.78 is 7.78. The molecule has 4 heteroatoms. The standard InChI is InChI=1S/C26H21N3O/c1-30-23-17-16-20-12-8-9-15-22(20)24(23)26-25(21-13-6-3-7-14-21)27-28-29(26)18-19-10-4-2-5-11-19/h2-17H,18H2,1H3. The molecule has 1 aromatic heterocycles. The van der Waals surface area contributed by atoms with Crippen molar-refractivity contribution in [3.8, 4) is 28.3 Å². The first-order chi connectivity index (χ1) is 14.8. The van der Waals surface area contributed by atoms with E-state index in [1.54, 1.807) is 7.11 Å². The van der Waals surface area contributed by atoms with Gasteiger partial charge in [0.1, 0.15) is 17.1 Å². The molecule has 30 heavy (non-hydrogen) atoms. The lowest BCUT2D eigenvalue weighted by atomic mass is 9.97. The predicted octanol–water partition coefficient (Wildman–Crippen LogP) is 5.82. The van der Waals surface area contributed by atoms with Crippen molar-refractivity contribution in [1.29, 1.82) is 0 Å². The molecule has 0 saturated carbocycles. The van der Waals surface area contributed by atoms with Gasteiger partial charge in [0.05, 0.1) is 19.2 Å². The Kier molecular flexibility index (Phi) is 4.74. The van der Waals surface area contributed by atoms with Crippen molar-refractivity contribution in [2.24, 2.45) is 0 Å². The quantitative estimate of drug-likeness (QED) is 0.379. The van der Waals surface area contributed by atoms with Crippen LogP contribution in [0.3, 0.4) is 0 Å². The number of fused-ring (bicyclic) bond motifs is 1. The van der Waals surface area contributed by atoms with Crippen molar-refractivity contribution in [2.45, 2.75) is 6.54 Å². The molecule has 5 rings (SSSR count). The van der Waals surface area contributed by atoms with Crippen LogP contribution >= 0.6 is 0 Å². The molecular formula is C26H21N3O. The molecule has 0 spiro atoms. The van der Waals surface area contributed by atoms with Gasteiger partial charge in [-0.15, -0.1) is 5.10 Å². The topological polar surface area (TPSA) is 39.9 Å². The smallest absolute Gasteiger partial charge is 0.128 e. The minimum Gasteiger partial charge on any atom is -0.496 e. The molecule has 0 aliphatic carbocycles. The van der Waals surface area contributed by atoms with Crippen LogP contribution in [0.1, 0.15) is 5.56 Å². The molecule has 0 atom stereocenters. The van der Waals surface area contributed by atoms with Crippen LogP contribution in [-0.4, -0.2) is 22.1 Å². The van der Waals surface area contributed by atoms with E-state index in [1.807, 2.05) is 47.1 Å². The Balaban J connectivity index is 1.80. The number of nitrogens with zero attached hydrogens (tertiary/aromatic N) is 3. The first kappa shape index (κ1) is 18.1. The van der Waals surface area contributed by atoms with E-state index in [0.29, 0.717) is 6.54 Å². The molecule has 5 aromatic rings. The summed E-state index contributed by atoms with van der Waals surface area (Å²) in [5.41, 5.74) is 5.01. The van der Waals surface area contributed by atoms with E-state index in [0.717, 1.165) is 39.0 Å². The van der Waals surface area contributed by atoms with E-state index in [-0.39, 0.29) is 0 Å². The Bertz CT molecular complexity index is 1290. The summed E-state index contributed by atoms with van der Waals surface area (Å²) in [6.07, 6.45) is 0. The zero-order chi connectivity index (χ0) is 20.3. The van der Waals surface area contributed by atoms with Crippen LogP contribution in [0.2, 0.25) is 0 Å². The Hall–Kier alpha value is -3.92. The SMILES string of the molecule is COc1ccc2ccccc2c1-c1c(-c2ccccc2)nnn1Cc1ccccc1. The molecule has 146 valence electrons. The van der Waals surface area contributed by atoms with E-state index in [2.05, 4.69) is 64.9 Å². The molecule has 0 radical (unpaired) electrons. The summed E-state index contributed by atoms with van der Waals surface area (Å²) in [6.45, 7) is 0.627. The summed E-state index contributed by atoms with van der Waals surface area (Å²) in [6, 6.07) is 33.0. The van der Waals surface area contributed by atoms with Crippen LogP contribution in [0.25, 0.3) is 33.3 Å². The van der Waals surface area contributed by atoms with Gasteiger partial charge >= 0.3 is 0 Å². The average molecular weight is 391 g/mol. The van der Waals surface area contributed by atoms with E-state index < -0.39 is 0 Å². The first-order valence-corrected chi connectivity index (χ1v) is 9.94. The van der Waals surface area contributed by atoms with Crippen LogP contribution in [0.4, 0.5) is 0 Å². The van der Waals surface area contributed by atoms with E-state index in [4.69, 9.17) is 4.74 Å². The third-order valence-corrected chi connectivity index (χ3v) is 5.31. The van der Waals surface area contributed by atoms with Gasteiger partial charge in [-0.1, -0.05) is 96.2 Å². The number of aromatic nitrogens is 3. The maximum atomic E-state index is 5.80. The van der Waals surface area contributed by atoms with Crippen LogP contribution in [-0.2, 0) is 6.54 Å². The van der Waals surface area contributed by atoms with Gasteiger partial charge in [-0.05, 0) is 22.4 Å². The highest BCUT2D eigenvalue weighted by atomic mass is 16.5. The molecule has 0 unspecified atom stereocenters. The molecule has 0 aliphatic rings. The van der Waals surface area contributed by atoms with Crippen molar-refractivity contribution < 1.29 is 4.74 Å². The van der Waals surface area contributed by atoms with Crippen LogP contribution in [0.5, 0.6) is 5.75 Å². The fourth-order valence-electron chi connectivity index (χ4n) is 3.88. The van der Waals surface area contributed by atoms with Crippen LogP contribution in [0, 0.1) is 0 Å². The zero-order valence-corrected chi connectivity index (χ0v) is 16.7. The molecule has 0 aliphatic heterocycles. The highest BCUT2D eigenvalue weighted by Gasteiger charge is 2.22. The Morgan fingerprint density at radius 2 is 1.47 bits per heavy atom. The van der Waals surface area contributed by atoms with Gasteiger partial charge in [-0.25, -0.2) is 4.68 Å². The normalized spacial score (nSPS) is 11.0. The summed E-state index contributed by atoms with van der Waals surface area (Å²) in [7, 11) is 1.71. The van der Waals surface area contributed by atoms with Crippen molar-refractivity contribution in [1.82, 2.24) is 15.0 Å². The van der Waals surface area contributed by atoms with Gasteiger partial charge in [0.2, 0.25) is 0 Å². The van der Waals surface area contributed by atoms with Gasteiger partial charge in [0.25, 0.3) is 0 Å². The van der Waals surface area contributed by atoms with Crippen LogP contribution in [0.15, 0.2) is 97.1 Å². The van der Waals surface area contributed by atoms with Gasteiger partial charge in [0.15, 0.2) is 0 Å². The fraction of sp³-hybridized carbons (Fsp3) is 0.0769. The lowest BCUT2D eigenvalue weighted by molar-refractivity contribution is 0.416. The van der Waals surface area contributed by atoms with E-state index >= 15 is 0 Å². The molecule has 4 aromatic carbocycles. The maximum Gasteiger partial charge on any atom is 0.128 e. The summed E-state index contributed by atoms with van der Waals surface area (Å²) in [5, 5.41) is 11.4. The van der Waals surface area contributed by atoms with Gasteiger partial charge in [-0.3, -0.25) is 0 Å². The molecular weight excluding hydrogens is 370 g/mol. The summed E-state index contributed by atoms with van der Waals surface area (Å²) in [4.78, 5) is 0. The van der Waals surface area contributed by atoms with Crippen molar-refractivity contribution in [3.63, 3.8) is 0 Å². The van der Waals surface area contributed by atoms with Gasteiger partial charge < -0.3 is 4.74 Å². The molecule has 0 N–H and O–H groups in total. The molecule has 0 fully saturated rings. The number of hydrogen-bond acceptors (Lipinski definition) is 3. The number of benzene rings is 4. The minimum atomic E-state index is 0.627. The molecule has 0 saturated heterocycles. The maximum absolute atomic E-state index is 5.80. The average Bonchev–Trinajstić information content (AvgIpc) is 3.22. The van der Waals surface area contributed by atoms with Crippen molar-refractivity contribution >= 4 is 10.8 Å². The van der Waals surface area contributed by atoms with E-state index in [1.165, 1.54) is 5.56 Å². The number of hydrogen-bond donors (Lipinski definition) is 0. The molecule has 1 heterocycles. The van der Waals surface area contributed by atoms with Gasteiger partial charge in [-0.2, -0.15) is 0 Å². The predicted molar refractivity (Wildman–Crippen MR) is 120 cm³/mol. The van der Waals surface area contributed by atoms with Crippen molar-refractivity contribution in [3.05, 3.63) is 103 Å². The highest BCUT2D eigenvalue weighted by Crippen LogP contribution is 2.41. The minimum absolute atomic E-state index is 0.627. The number of ether oxygens (including phenoxy) is 1. The van der Waals surface area contributed by atoms with E-state index in [9.17, 15) is 0 Å². The third-order valence-electron chi connectivity index (χ3n) is 5.31. The van der Waals surface area contributed by atoms with Gasteiger partial charge in [0, 0.05) is 5.56 Å². The second-order valence-electron chi connectivity index (χ2n) is 7.16. The Morgan fingerprint density at radius 3 is 2.23 bits per heavy atom. The fourth-order valence-corrected chi connectivity index (χ4v) is 3.88. The molecule has 4 nitrogen and oxygen atoms in total. The number of methoxy groups -OCH3 is 1. The lowest BCUT2D eigenvalue weighted by Crippen LogP contribution is -2.05. The lowest BCUT2D eigenvalue weighted by Gasteiger charge is -2.15. The zero-order valence-electron chi connectivity index (χ0n) is 16.7. The van der Waals surface area contributed by atoms with Crippen molar-refractivity contribution in [2.75, 3.05) is 7.11 Å². The monoisotopic (exact) mass is 391 g/mol. The second-order valence-corrected chi connectivity index (χ2v) is 7.16.